The Balaban J connectivity index is 2.10. The number of rotatable bonds is 5. The first-order chi connectivity index (χ1) is 11.6. The Kier molecular flexibility index (Phi) is 4.29. The molecule has 24 heavy (non-hydrogen) atoms. The van der Waals surface area contributed by atoms with Crippen LogP contribution in [0.3, 0.4) is 0 Å². The minimum Gasteiger partial charge on any atom is -0.481 e. The highest BCUT2D eigenvalue weighted by molar-refractivity contribution is 5.87. The van der Waals surface area contributed by atoms with Crippen molar-refractivity contribution < 1.29 is 14.6 Å². The minimum atomic E-state index is -1.07. The molecule has 0 bridgehead atoms. The van der Waals surface area contributed by atoms with Gasteiger partial charge in [-0.3, -0.25) is 0 Å². The standard InChI is InChI=1S/C18H17N3O3/c1-3-12-4-6-13(7-5-12)16-10-15(18(22)23)20-21(16)14-8-9-17(24-2)19-11-14/h4-11H,3H2,1-2H3,(H,22,23). The minimum absolute atomic E-state index is 0.0135. The number of carboxylic acid groups (broad SMARTS) is 1. The molecule has 6 nitrogen and oxygen atoms in total. The monoisotopic (exact) mass is 323 g/mol. The molecular formula is C18H17N3O3. The van der Waals surface area contributed by atoms with E-state index in [9.17, 15) is 9.90 Å². The number of hydrogen-bond acceptors (Lipinski definition) is 4. The SMILES string of the molecule is CCc1ccc(-c2cc(C(=O)O)nn2-c2ccc(OC)nc2)cc1. The molecule has 0 unspecified atom stereocenters. The first-order valence-electron chi connectivity index (χ1n) is 7.55. The number of methoxy groups -OCH3 is 1. The van der Waals surface area contributed by atoms with Gasteiger partial charge in [-0.25, -0.2) is 14.5 Å². The summed E-state index contributed by atoms with van der Waals surface area (Å²) >= 11 is 0. The Labute approximate surface area is 139 Å². The lowest BCUT2D eigenvalue weighted by Crippen LogP contribution is -2.03. The summed E-state index contributed by atoms with van der Waals surface area (Å²) in [6, 6.07) is 13.0. The van der Waals surface area contributed by atoms with Gasteiger partial charge in [0.1, 0.15) is 0 Å². The summed E-state index contributed by atoms with van der Waals surface area (Å²) in [5.41, 5.74) is 3.46. The fourth-order valence-electron chi connectivity index (χ4n) is 2.42. The molecule has 2 heterocycles. The molecule has 0 spiro atoms. The molecule has 2 aromatic heterocycles. The highest BCUT2D eigenvalue weighted by Gasteiger charge is 2.16. The van der Waals surface area contributed by atoms with Crippen molar-refractivity contribution in [1.82, 2.24) is 14.8 Å². The van der Waals surface area contributed by atoms with Crippen LogP contribution >= 0.6 is 0 Å². The Bertz CT molecular complexity index is 787. The number of ether oxygens (including phenoxy) is 1. The maximum atomic E-state index is 11.3. The van der Waals surface area contributed by atoms with E-state index in [1.54, 1.807) is 36.2 Å². The van der Waals surface area contributed by atoms with Crippen molar-refractivity contribution in [3.8, 4) is 22.8 Å². The van der Waals surface area contributed by atoms with Gasteiger partial charge in [-0.2, -0.15) is 5.10 Å². The van der Waals surface area contributed by atoms with Crippen LogP contribution in [0.15, 0.2) is 48.7 Å². The molecule has 1 N–H and O–H groups in total. The fourth-order valence-corrected chi connectivity index (χ4v) is 2.42. The third-order valence-corrected chi connectivity index (χ3v) is 3.76. The van der Waals surface area contributed by atoms with Crippen LogP contribution in [0.4, 0.5) is 0 Å². The number of aromatic carboxylic acids is 1. The molecule has 0 saturated carbocycles. The fraction of sp³-hybridized carbons (Fsp3) is 0.167. The van der Waals surface area contributed by atoms with Crippen molar-refractivity contribution in [3.63, 3.8) is 0 Å². The van der Waals surface area contributed by atoms with Crippen molar-refractivity contribution in [2.45, 2.75) is 13.3 Å². The number of benzene rings is 1. The molecule has 0 aliphatic carbocycles. The van der Waals surface area contributed by atoms with Gasteiger partial charge >= 0.3 is 5.97 Å². The molecule has 0 saturated heterocycles. The van der Waals surface area contributed by atoms with E-state index in [0.717, 1.165) is 12.0 Å². The molecule has 0 atom stereocenters. The molecule has 0 aliphatic rings. The van der Waals surface area contributed by atoms with Crippen LogP contribution in [0.5, 0.6) is 5.88 Å². The average Bonchev–Trinajstić information content (AvgIpc) is 3.07. The Hall–Kier alpha value is -3.15. The lowest BCUT2D eigenvalue weighted by Gasteiger charge is -2.08. The molecular weight excluding hydrogens is 306 g/mol. The van der Waals surface area contributed by atoms with Crippen LogP contribution in [0.2, 0.25) is 0 Å². The maximum Gasteiger partial charge on any atom is 0.356 e. The second kappa shape index (κ2) is 6.54. The highest BCUT2D eigenvalue weighted by Crippen LogP contribution is 2.25. The average molecular weight is 323 g/mol. The predicted molar refractivity (Wildman–Crippen MR) is 89.7 cm³/mol. The predicted octanol–water partition coefficient (Wildman–Crippen LogP) is 3.20. The number of carbonyl (C=O) groups is 1. The van der Waals surface area contributed by atoms with Crippen molar-refractivity contribution in [2.24, 2.45) is 0 Å². The van der Waals surface area contributed by atoms with Crippen LogP contribution in [-0.2, 0) is 6.42 Å². The zero-order chi connectivity index (χ0) is 17.1. The Morgan fingerprint density at radius 2 is 1.96 bits per heavy atom. The van der Waals surface area contributed by atoms with E-state index in [0.29, 0.717) is 17.3 Å². The van der Waals surface area contributed by atoms with Gasteiger partial charge in [-0.15, -0.1) is 0 Å². The number of hydrogen-bond donors (Lipinski definition) is 1. The van der Waals surface area contributed by atoms with E-state index in [4.69, 9.17) is 4.74 Å². The second-order valence-corrected chi connectivity index (χ2v) is 5.24. The summed E-state index contributed by atoms with van der Waals surface area (Å²) in [7, 11) is 1.54. The molecule has 0 aliphatic heterocycles. The van der Waals surface area contributed by atoms with E-state index in [1.807, 2.05) is 24.3 Å². The smallest absolute Gasteiger partial charge is 0.356 e. The summed E-state index contributed by atoms with van der Waals surface area (Å²) in [6.07, 6.45) is 2.55. The largest absolute Gasteiger partial charge is 0.481 e. The van der Waals surface area contributed by atoms with Crippen LogP contribution in [0, 0.1) is 0 Å². The zero-order valence-corrected chi connectivity index (χ0v) is 13.4. The lowest BCUT2D eigenvalue weighted by atomic mass is 10.1. The van der Waals surface area contributed by atoms with Gasteiger partial charge in [0.05, 0.1) is 24.7 Å². The third-order valence-electron chi connectivity index (χ3n) is 3.76. The second-order valence-electron chi connectivity index (χ2n) is 5.24. The van der Waals surface area contributed by atoms with Crippen LogP contribution in [-0.4, -0.2) is 33.0 Å². The van der Waals surface area contributed by atoms with Crippen LogP contribution in [0.1, 0.15) is 23.0 Å². The van der Waals surface area contributed by atoms with Gasteiger partial charge in [-0.05, 0) is 24.1 Å². The van der Waals surface area contributed by atoms with Gasteiger partial charge in [0.2, 0.25) is 5.88 Å². The van der Waals surface area contributed by atoms with Crippen molar-refractivity contribution in [2.75, 3.05) is 7.11 Å². The Morgan fingerprint density at radius 3 is 2.50 bits per heavy atom. The van der Waals surface area contributed by atoms with Crippen LogP contribution in [0.25, 0.3) is 16.9 Å². The molecule has 3 rings (SSSR count). The first-order valence-corrected chi connectivity index (χ1v) is 7.55. The molecule has 3 aromatic rings. The summed E-state index contributed by atoms with van der Waals surface area (Å²) in [4.78, 5) is 15.5. The van der Waals surface area contributed by atoms with Crippen molar-refractivity contribution in [1.29, 1.82) is 0 Å². The summed E-state index contributed by atoms with van der Waals surface area (Å²) in [5, 5.41) is 13.5. The van der Waals surface area contributed by atoms with Crippen LogP contribution < -0.4 is 4.74 Å². The van der Waals surface area contributed by atoms with Gasteiger partial charge in [0.25, 0.3) is 0 Å². The van der Waals surface area contributed by atoms with E-state index >= 15 is 0 Å². The molecule has 0 radical (unpaired) electrons. The van der Waals surface area contributed by atoms with E-state index in [1.165, 1.54) is 5.56 Å². The summed E-state index contributed by atoms with van der Waals surface area (Å²) in [6.45, 7) is 2.09. The first kappa shape index (κ1) is 15.7. The maximum absolute atomic E-state index is 11.3. The number of carboxylic acids is 1. The van der Waals surface area contributed by atoms with E-state index < -0.39 is 5.97 Å². The number of aryl methyl sites for hydroxylation is 1. The molecule has 6 heteroatoms. The number of aromatic nitrogens is 3. The normalized spacial score (nSPS) is 10.6. The van der Waals surface area contributed by atoms with E-state index in [2.05, 4.69) is 17.0 Å². The lowest BCUT2D eigenvalue weighted by molar-refractivity contribution is 0.0690. The Morgan fingerprint density at radius 1 is 1.21 bits per heavy atom. The van der Waals surface area contributed by atoms with Gasteiger partial charge in [0, 0.05) is 11.6 Å². The van der Waals surface area contributed by atoms with E-state index in [-0.39, 0.29) is 5.69 Å². The summed E-state index contributed by atoms with van der Waals surface area (Å²) < 4.78 is 6.63. The highest BCUT2D eigenvalue weighted by atomic mass is 16.5. The third kappa shape index (κ3) is 2.99. The zero-order valence-electron chi connectivity index (χ0n) is 13.4. The number of nitrogens with zero attached hydrogens (tertiary/aromatic N) is 3. The van der Waals surface area contributed by atoms with Gasteiger partial charge in [0.15, 0.2) is 5.69 Å². The molecule has 122 valence electrons. The molecule has 0 fully saturated rings. The van der Waals surface area contributed by atoms with Gasteiger partial charge in [-0.1, -0.05) is 31.2 Å². The van der Waals surface area contributed by atoms with Crippen molar-refractivity contribution >= 4 is 5.97 Å². The van der Waals surface area contributed by atoms with Gasteiger partial charge < -0.3 is 9.84 Å². The topological polar surface area (TPSA) is 77.2 Å². The van der Waals surface area contributed by atoms with Crippen molar-refractivity contribution in [3.05, 3.63) is 59.9 Å². The molecule has 0 amide bonds. The summed E-state index contributed by atoms with van der Waals surface area (Å²) in [5.74, 6) is -0.583. The molecule has 1 aromatic carbocycles. The number of pyridine rings is 1. The quantitative estimate of drug-likeness (QED) is 0.780.